The van der Waals surface area contributed by atoms with Gasteiger partial charge in [-0.15, -0.1) is 0 Å². The summed E-state index contributed by atoms with van der Waals surface area (Å²) in [6.07, 6.45) is 0.653. The summed E-state index contributed by atoms with van der Waals surface area (Å²) in [6.45, 7) is 5.33. The van der Waals surface area contributed by atoms with E-state index in [-0.39, 0.29) is 11.9 Å². The Bertz CT molecular complexity index is 1370. The highest BCUT2D eigenvalue weighted by Crippen LogP contribution is 2.41. The molecule has 4 aromatic rings. The van der Waals surface area contributed by atoms with Crippen LogP contribution in [0.4, 0.5) is 0 Å². The highest BCUT2D eigenvalue weighted by atomic mass is 35.5. The summed E-state index contributed by atoms with van der Waals surface area (Å²) in [5.74, 6) is 0.684. The lowest BCUT2D eigenvalue weighted by Gasteiger charge is -2.14. The van der Waals surface area contributed by atoms with Gasteiger partial charge in [-0.1, -0.05) is 30.7 Å². The minimum absolute atomic E-state index is 0.153. The molecule has 4 rings (SSSR count). The van der Waals surface area contributed by atoms with Crippen LogP contribution in [0.25, 0.3) is 22.0 Å². The Balaban J connectivity index is 2.02. The third-order valence-electron chi connectivity index (χ3n) is 5.72. The van der Waals surface area contributed by atoms with Crippen molar-refractivity contribution >= 4 is 34.4 Å². The van der Waals surface area contributed by atoms with Crippen LogP contribution in [0.2, 0.25) is 5.02 Å². The third kappa shape index (κ3) is 4.12. The summed E-state index contributed by atoms with van der Waals surface area (Å²) >= 11 is 6.02. The van der Waals surface area contributed by atoms with Crippen LogP contribution >= 0.6 is 11.6 Å². The Labute approximate surface area is 197 Å². The normalized spacial score (nSPS) is 10.9. The van der Waals surface area contributed by atoms with E-state index in [4.69, 9.17) is 21.1 Å². The molecule has 0 saturated carbocycles. The van der Waals surface area contributed by atoms with E-state index >= 15 is 0 Å². The van der Waals surface area contributed by atoms with E-state index in [1.165, 1.54) is 6.92 Å². The SMILES string of the molecule is CCc1c(OC(C)=O)cccc1-c1c(C)n(C(=O)c2ccc(Cl)cc2)c2ccc(OC)cc12. The van der Waals surface area contributed by atoms with Crippen LogP contribution in [-0.2, 0) is 11.2 Å². The molecule has 6 heteroatoms. The van der Waals surface area contributed by atoms with Crippen molar-refractivity contribution in [1.82, 2.24) is 4.57 Å². The van der Waals surface area contributed by atoms with Crippen LogP contribution in [0.3, 0.4) is 0 Å². The van der Waals surface area contributed by atoms with Gasteiger partial charge in [0, 0.05) is 39.7 Å². The molecule has 0 spiro atoms. The van der Waals surface area contributed by atoms with Gasteiger partial charge in [-0.25, -0.2) is 0 Å². The van der Waals surface area contributed by atoms with E-state index in [9.17, 15) is 9.59 Å². The van der Waals surface area contributed by atoms with Crippen LogP contribution in [0.15, 0.2) is 60.7 Å². The first-order valence-corrected chi connectivity index (χ1v) is 11.0. The van der Waals surface area contributed by atoms with Gasteiger partial charge in [0.25, 0.3) is 5.91 Å². The molecule has 0 aliphatic rings. The van der Waals surface area contributed by atoms with Crippen molar-refractivity contribution in [3.05, 3.63) is 82.5 Å². The molecule has 5 nitrogen and oxygen atoms in total. The van der Waals surface area contributed by atoms with Crippen molar-refractivity contribution in [2.24, 2.45) is 0 Å². The van der Waals surface area contributed by atoms with Gasteiger partial charge in [-0.2, -0.15) is 0 Å². The molecule has 0 aliphatic carbocycles. The Morgan fingerprint density at radius 2 is 1.76 bits per heavy atom. The second-order valence-corrected chi connectivity index (χ2v) is 8.16. The molecule has 0 fully saturated rings. The van der Waals surface area contributed by atoms with Gasteiger partial charge >= 0.3 is 5.97 Å². The second kappa shape index (κ2) is 9.12. The lowest BCUT2D eigenvalue weighted by molar-refractivity contribution is -0.131. The predicted molar refractivity (Wildman–Crippen MR) is 131 cm³/mol. The van der Waals surface area contributed by atoms with Gasteiger partial charge in [0.1, 0.15) is 11.5 Å². The fourth-order valence-electron chi connectivity index (χ4n) is 4.26. The predicted octanol–water partition coefficient (Wildman–Crippen LogP) is 6.45. The van der Waals surface area contributed by atoms with E-state index in [1.807, 2.05) is 44.2 Å². The topological polar surface area (TPSA) is 57.5 Å². The monoisotopic (exact) mass is 461 g/mol. The number of methoxy groups -OCH3 is 1. The fraction of sp³-hybridized carbons (Fsp3) is 0.185. The zero-order chi connectivity index (χ0) is 23.7. The second-order valence-electron chi connectivity index (χ2n) is 7.72. The van der Waals surface area contributed by atoms with E-state index in [0.717, 1.165) is 33.3 Å². The Kier molecular flexibility index (Phi) is 6.25. The molecule has 0 N–H and O–H groups in total. The lowest BCUT2D eigenvalue weighted by atomic mass is 9.95. The minimum Gasteiger partial charge on any atom is -0.497 e. The molecular weight excluding hydrogens is 438 g/mol. The molecule has 0 saturated heterocycles. The zero-order valence-corrected chi connectivity index (χ0v) is 19.7. The number of halogens is 1. The number of fused-ring (bicyclic) bond motifs is 1. The lowest BCUT2D eigenvalue weighted by Crippen LogP contribution is -2.13. The third-order valence-corrected chi connectivity index (χ3v) is 5.97. The highest BCUT2D eigenvalue weighted by Gasteiger charge is 2.24. The average Bonchev–Trinajstić information content (AvgIpc) is 3.09. The Hall–Kier alpha value is -3.57. The van der Waals surface area contributed by atoms with E-state index < -0.39 is 0 Å². The summed E-state index contributed by atoms with van der Waals surface area (Å²) < 4.78 is 12.7. The molecule has 1 heterocycles. The number of esters is 1. The van der Waals surface area contributed by atoms with Crippen molar-refractivity contribution < 1.29 is 19.1 Å². The van der Waals surface area contributed by atoms with E-state index in [2.05, 4.69) is 0 Å². The summed E-state index contributed by atoms with van der Waals surface area (Å²) in [4.78, 5) is 25.2. The van der Waals surface area contributed by atoms with Gasteiger partial charge < -0.3 is 9.47 Å². The molecule has 3 aromatic carbocycles. The molecule has 0 unspecified atom stereocenters. The molecule has 0 aliphatic heterocycles. The number of hydrogen-bond donors (Lipinski definition) is 0. The minimum atomic E-state index is -0.374. The first-order chi connectivity index (χ1) is 15.8. The van der Waals surface area contributed by atoms with Gasteiger partial charge in [-0.3, -0.25) is 14.2 Å². The van der Waals surface area contributed by atoms with Crippen molar-refractivity contribution in [2.45, 2.75) is 27.2 Å². The maximum absolute atomic E-state index is 13.6. The number of carbonyl (C=O) groups is 2. The maximum atomic E-state index is 13.6. The summed E-state index contributed by atoms with van der Waals surface area (Å²) in [7, 11) is 1.61. The average molecular weight is 462 g/mol. The first kappa shape index (κ1) is 22.6. The van der Waals surface area contributed by atoms with Gasteiger partial charge in [0.05, 0.1) is 12.6 Å². The summed E-state index contributed by atoms with van der Waals surface area (Å²) in [6, 6.07) is 18.2. The van der Waals surface area contributed by atoms with E-state index in [0.29, 0.717) is 28.5 Å². The number of hydrogen-bond acceptors (Lipinski definition) is 4. The van der Waals surface area contributed by atoms with Crippen LogP contribution in [0.1, 0.15) is 35.5 Å². The van der Waals surface area contributed by atoms with Crippen LogP contribution in [0.5, 0.6) is 11.5 Å². The first-order valence-electron chi connectivity index (χ1n) is 10.7. The van der Waals surface area contributed by atoms with Crippen LogP contribution in [0, 0.1) is 6.92 Å². The van der Waals surface area contributed by atoms with Crippen molar-refractivity contribution in [1.29, 1.82) is 0 Å². The van der Waals surface area contributed by atoms with Gasteiger partial charge in [-0.05, 0) is 67.4 Å². The molecular formula is C27H24ClNO4. The zero-order valence-electron chi connectivity index (χ0n) is 18.9. The van der Waals surface area contributed by atoms with Crippen LogP contribution in [-0.4, -0.2) is 23.6 Å². The molecule has 168 valence electrons. The van der Waals surface area contributed by atoms with Gasteiger partial charge in [0.15, 0.2) is 0 Å². The summed E-state index contributed by atoms with van der Waals surface area (Å²) in [5.41, 5.74) is 4.80. The number of rotatable bonds is 5. The largest absolute Gasteiger partial charge is 0.497 e. The number of carbonyl (C=O) groups excluding carboxylic acids is 2. The molecule has 1 aromatic heterocycles. The maximum Gasteiger partial charge on any atom is 0.308 e. The van der Waals surface area contributed by atoms with Crippen LogP contribution < -0.4 is 9.47 Å². The smallest absolute Gasteiger partial charge is 0.308 e. The van der Waals surface area contributed by atoms with Crippen molar-refractivity contribution in [3.8, 4) is 22.6 Å². The van der Waals surface area contributed by atoms with Gasteiger partial charge in [0.2, 0.25) is 0 Å². The molecule has 0 bridgehead atoms. The molecule has 0 radical (unpaired) electrons. The molecule has 33 heavy (non-hydrogen) atoms. The standard InChI is InChI=1S/C27H24ClNO4/c1-5-21-22(7-6-8-25(21)33-17(3)30)26-16(2)29(24-14-13-20(32-4)15-23(24)26)27(31)18-9-11-19(28)12-10-18/h6-15H,5H2,1-4H3. The number of ether oxygens (including phenoxy) is 2. The fourth-order valence-corrected chi connectivity index (χ4v) is 4.39. The Morgan fingerprint density at radius 3 is 2.39 bits per heavy atom. The number of nitrogens with zero attached hydrogens (tertiary/aromatic N) is 1. The highest BCUT2D eigenvalue weighted by molar-refractivity contribution is 6.30. The molecule has 0 atom stereocenters. The van der Waals surface area contributed by atoms with E-state index in [1.54, 1.807) is 42.0 Å². The number of benzene rings is 3. The Morgan fingerprint density at radius 1 is 1.03 bits per heavy atom. The van der Waals surface area contributed by atoms with Crippen molar-refractivity contribution in [2.75, 3.05) is 7.11 Å². The number of aromatic nitrogens is 1. The molecule has 0 amide bonds. The summed E-state index contributed by atoms with van der Waals surface area (Å²) in [5, 5.41) is 1.45. The quantitative estimate of drug-likeness (QED) is 0.253. The van der Waals surface area contributed by atoms with Crippen molar-refractivity contribution in [3.63, 3.8) is 0 Å².